The molecule has 0 unspecified atom stereocenters. The van der Waals surface area contributed by atoms with Gasteiger partial charge in [0, 0.05) is 46.0 Å². The van der Waals surface area contributed by atoms with Gasteiger partial charge in [-0.1, -0.05) is 98.1 Å². The molecule has 0 N–H and O–H groups in total. The van der Waals surface area contributed by atoms with Gasteiger partial charge in [-0.05, 0) is 58.2 Å². The number of fused-ring (bicyclic) bond motifs is 5. The van der Waals surface area contributed by atoms with Gasteiger partial charge in [0.1, 0.15) is 11.2 Å². The van der Waals surface area contributed by atoms with Crippen LogP contribution in [0.4, 0.5) is 0 Å². The molecule has 5 aromatic carbocycles. The molecule has 1 radical (unpaired) electrons. The van der Waals surface area contributed by atoms with Crippen molar-refractivity contribution < 1.29 is 27.3 Å². The van der Waals surface area contributed by atoms with E-state index >= 15 is 0 Å². The van der Waals surface area contributed by atoms with Crippen LogP contribution in [0.2, 0.25) is 0 Å². The van der Waals surface area contributed by atoms with Crippen molar-refractivity contribution in [3.05, 3.63) is 157 Å². The van der Waals surface area contributed by atoms with Gasteiger partial charge in [0.05, 0.1) is 0 Å². The van der Waals surface area contributed by atoms with Crippen LogP contribution >= 0.6 is 0 Å². The number of para-hydroxylation sites is 1. The number of nitrogens with zero attached hydrogens (tertiary/aromatic N) is 2. The second-order valence-corrected chi connectivity index (χ2v) is 12.2. The minimum Gasteiger partial charge on any atom is -0.456 e. The van der Waals surface area contributed by atoms with Crippen LogP contribution in [0.25, 0.3) is 66.4 Å². The molecule has 0 spiro atoms. The number of furan rings is 1. The largest absolute Gasteiger partial charge is 0.456 e. The molecule has 0 saturated carbocycles. The van der Waals surface area contributed by atoms with E-state index in [0.29, 0.717) is 5.56 Å². The zero-order valence-electron chi connectivity index (χ0n) is 28.4. The summed E-state index contributed by atoms with van der Waals surface area (Å²) in [5.41, 5.74) is 7.66. The van der Waals surface area contributed by atoms with Crippen LogP contribution in [0.15, 0.2) is 144 Å². The molecule has 0 aliphatic heterocycles. The van der Waals surface area contributed by atoms with Crippen molar-refractivity contribution in [2.24, 2.45) is 5.41 Å². The Morgan fingerprint density at radius 2 is 1.45 bits per heavy atom. The van der Waals surface area contributed by atoms with Crippen LogP contribution in [0.5, 0.6) is 0 Å². The van der Waals surface area contributed by atoms with E-state index in [1.165, 1.54) is 0 Å². The fourth-order valence-corrected chi connectivity index (χ4v) is 5.75. The van der Waals surface area contributed by atoms with E-state index in [0.717, 1.165) is 66.4 Å². The number of rotatable bonds is 4. The van der Waals surface area contributed by atoms with E-state index < -0.39 is 11.8 Å². The van der Waals surface area contributed by atoms with Crippen molar-refractivity contribution in [1.29, 1.82) is 0 Å². The molecule has 0 fully saturated rings. The summed E-state index contributed by atoms with van der Waals surface area (Å²) in [6.07, 6.45) is 1.99. The fourth-order valence-electron chi connectivity index (χ4n) is 5.75. The first-order valence-electron chi connectivity index (χ1n) is 16.4. The molecule has 3 heterocycles. The molecule has 3 nitrogen and oxygen atoms in total. The van der Waals surface area contributed by atoms with Crippen molar-refractivity contribution in [2.45, 2.75) is 27.1 Å². The van der Waals surface area contributed by atoms with Gasteiger partial charge in [0.15, 0.2) is 0 Å². The first-order chi connectivity index (χ1) is 23.2. The molecular weight excluding hydrogens is 753 g/mol. The SMILES string of the molecule is [2H]C([2H])(c1ccnc(-c2[c-]cc(-c3cccc4c3ccc3oc5ccccc5c34)cc2)c1)C(C)(C)C.[Ir].[c-]1ccccc1-c1ccccn1. The van der Waals surface area contributed by atoms with E-state index in [-0.39, 0.29) is 20.1 Å². The second kappa shape index (κ2) is 13.8. The fraction of sp³-hybridized carbons (Fsp3) is 0.116. The topological polar surface area (TPSA) is 38.9 Å². The Balaban J connectivity index is 0.000000270. The Bertz CT molecular complexity index is 2310. The average molecular weight is 789 g/mol. The normalized spacial score (nSPS) is 12.1. The van der Waals surface area contributed by atoms with Gasteiger partial charge in [-0.3, -0.25) is 0 Å². The molecule has 0 aliphatic carbocycles. The van der Waals surface area contributed by atoms with Crippen LogP contribution in [0.3, 0.4) is 0 Å². The molecule has 47 heavy (non-hydrogen) atoms. The van der Waals surface area contributed by atoms with E-state index in [1.807, 2.05) is 99.6 Å². The Hall–Kier alpha value is -4.89. The Morgan fingerprint density at radius 3 is 2.21 bits per heavy atom. The summed E-state index contributed by atoms with van der Waals surface area (Å²) in [5, 5.41) is 4.59. The van der Waals surface area contributed by atoms with Gasteiger partial charge in [0.2, 0.25) is 0 Å². The number of benzene rings is 5. The zero-order valence-corrected chi connectivity index (χ0v) is 28.8. The smallest absolute Gasteiger partial charge is 0.136 e. The quantitative estimate of drug-likeness (QED) is 0.167. The van der Waals surface area contributed by atoms with Crippen molar-refractivity contribution >= 4 is 32.7 Å². The summed E-state index contributed by atoms with van der Waals surface area (Å²) in [4.78, 5) is 8.72. The maximum atomic E-state index is 8.62. The predicted molar refractivity (Wildman–Crippen MR) is 190 cm³/mol. The van der Waals surface area contributed by atoms with Crippen molar-refractivity contribution in [3.8, 4) is 33.6 Å². The van der Waals surface area contributed by atoms with Crippen LogP contribution in [-0.2, 0) is 26.5 Å². The van der Waals surface area contributed by atoms with E-state index in [2.05, 4.69) is 64.6 Å². The molecule has 0 bridgehead atoms. The van der Waals surface area contributed by atoms with Crippen molar-refractivity contribution in [1.82, 2.24) is 9.97 Å². The summed E-state index contributed by atoms with van der Waals surface area (Å²) in [6, 6.07) is 48.6. The number of aromatic nitrogens is 2. The van der Waals surface area contributed by atoms with Crippen molar-refractivity contribution in [2.75, 3.05) is 0 Å². The Kier molecular flexibility index (Phi) is 8.69. The molecule has 0 amide bonds. The summed E-state index contributed by atoms with van der Waals surface area (Å²) in [5.74, 6) is 0. The number of hydrogen-bond donors (Lipinski definition) is 0. The number of hydrogen-bond acceptors (Lipinski definition) is 3. The third kappa shape index (κ3) is 7.10. The number of pyridine rings is 2. The summed E-state index contributed by atoms with van der Waals surface area (Å²) in [6.45, 7) is 5.74. The summed E-state index contributed by atoms with van der Waals surface area (Å²) >= 11 is 0. The van der Waals surface area contributed by atoms with Gasteiger partial charge < -0.3 is 14.4 Å². The minimum absolute atomic E-state index is 0. The van der Waals surface area contributed by atoms with Gasteiger partial charge >= 0.3 is 0 Å². The average Bonchev–Trinajstić information content (AvgIpc) is 3.51. The predicted octanol–water partition coefficient (Wildman–Crippen LogP) is 11.4. The first kappa shape index (κ1) is 29.5. The van der Waals surface area contributed by atoms with Crippen LogP contribution in [0, 0.1) is 17.5 Å². The molecule has 0 atom stereocenters. The molecule has 0 saturated heterocycles. The third-order valence-electron chi connectivity index (χ3n) is 7.73. The van der Waals surface area contributed by atoms with Crippen LogP contribution in [0.1, 0.15) is 29.1 Å². The van der Waals surface area contributed by atoms with Crippen molar-refractivity contribution in [3.63, 3.8) is 0 Å². The van der Waals surface area contributed by atoms with E-state index in [9.17, 15) is 0 Å². The molecule has 0 aliphatic rings. The first-order valence-corrected chi connectivity index (χ1v) is 15.4. The Morgan fingerprint density at radius 1 is 0.660 bits per heavy atom. The maximum absolute atomic E-state index is 8.62. The minimum atomic E-state index is -1.48. The van der Waals surface area contributed by atoms with Crippen LogP contribution < -0.4 is 0 Å². The van der Waals surface area contributed by atoms with Gasteiger partial charge in [0.25, 0.3) is 0 Å². The molecule has 4 heteroatoms. The molecule has 233 valence electrons. The molecule has 8 rings (SSSR count). The molecule has 8 aromatic rings. The maximum Gasteiger partial charge on any atom is 0.136 e. The summed E-state index contributed by atoms with van der Waals surface area (Å²) < 4.78 is 23.3. The Labute approximate surface area is 292 Å². The van der Waals surface area contributed by atoms with E-state index in [4.69, 9.17) is 7.16 Å². The van der Waals surface area contributed by atoms with Gasteiger partial charge in [-0.15, -0.1) is 65.7 Å². The molecular formula is C43H34IrN2O-2. The summed E-state index contributed by atoms with van der Waals surface area (Å²) in [7, 11) is 0. The monoisotopic (exact) mass is 789 g/mol. The zero-order chi connectivity index (χ0) is 33.3. The molecule has 3 aromatic heterocycles. The second-order valence-electron chi connectivity index (χ2n) is 12.2. The standard InChI is InChI=1S/C32H26NO.C11H8N.Ir/c1-32(2,3)20-21-17-18-33-28(19-21)23-13-11-22(12-14-23)24-8-6-9-26-25(24)15-16-30-31(26)27-7-4-5-10-29(27)34-30;1-2-6-10(7-3-1)11-8-4-5-9-12-11;/h4-13,15-19H,20H2,1-3H3;1-6,8-9H;/q2*-1;/i20D2;;. The van der Waals surface area contributed by atoms with Gasteiger partial charge in [-0.2, -0.15) is 0 Å². The van der Waals surface area contributed by atoms with E-state index in [1.54, 1.807) is 18.5 Å². The van der Waals surface area contributed by atoms with Gasteiger partial charge in [-0.25, -0.2) is 0 Å². The third-order valence-corrected chi connectivity index (χ3v) is 7.73. The van der Waals surface area contributed by atoms with Crippen LogP contribution in [-0.4, -0.2) is 9.97 Å².